The minimum absolute atomic E-state index is 0.412. The molecule has 2 nitrogen and oxygen atoms in total. The summed E-state index contributed by atoms with van der Waals surface area (Å²) in [6.07, 6.45) is 4.48. The highest BCUT2D eigenvalue weighted by Gasteiger charge is 2.51. The normalized spacial score (nSPS) is 12.8. The van der Waals surface area contributed by atoms with Crippen LogP contribution in [0.3, 0.4) is 0 Å². The van der Waals surface area contributed by atoms with Crippen LogP contribution in [-0.2, 0) is 5.41 Å². The second kappa shape index (κ2) is 15.8. The van der Waals surface area contributed by atoms with E-state index in [1.807, 2.05) is 0 Å². The smallest absolute Gasteiger partial charge is 0.0726 e. The summed E-state index contributed by atoms with van der Waals surface area (Å²) < 4.78 is 2.42. The Morgan fingerprint density at radius 3 is 1.42 bits per heavy atom. The van der Waals surface area contributed by atoms with Gasteiger partial charge in [0.2, 0.25) is 0 Å². The summed E-state index contributed by atoms with van der Waals surface area (Å²) in [6, 6.07) is 93.1. The van der Waals surface area contributed by atoms with Crippen LogP contribution in [0, 0.1) is 0 Å². The Balaban J connectivity index is 0.902. The first-order valence-corrected chi connectivity index (χ1v) is 23.2. The van der Waals surface area contributed by atoms with Crippen molar-refractivity contribution >= 4 is 40.1 Å². The molecule has 0 fully saturated rings. The number of hydrogen-bond acceptors (Lipinski definition) is 1. The van der Waals surface area contributed by atoms with Crippen LogP contribution in [0.4, 0.5) is 17.1 Å². The SMILES string of the molecule is C(=Cc1ccc2c(c1)c(-c1ccccc1)c(-c1ccccc1)n2-c1ccccc1)c1ccc(N(c2ccccc2)c2ccc3c(c2)C2(c4ccccc4-c4ccccc42)c2ccccc2-3)cc1. The maximum absolute atomic E-state index is 2.46. The summed E-state index contributed by atoms with van der Waals surface area (Å²) in [4.78, 5) is 2.40. The Morgan fingerprint density at radius 2 is 0.806 bits per heavy atom. The van der Waals surface area contributed by atoms with Crippen LogP contribution in [0.1, 0.15) is 33.4 Å². The first-order valence-electron chi connectivity index (χ1n) is 23.2. The second-order valence-corrected chi connectivity index (χ2v) is 17.6. The molecular formula is C65H44N2. The lowest BCUT2D eigenvalue weighted by Gasteiger charge is -2.32. The zero-order chi connectivity index (χ0) is 44.3. The standard InChI is InChI=1S/C65H44N2/c1-5-19-47(20-6-1)63-57-43-46(37-42-62(57)67(50-25-11-4-12-26-50)64(63)48-21-7-2-8-22-48)34-33-45-35-38-51(39-36-45)66(49-23-9-3-10-24-49)52-40-41-56-55-29-15-18-32-60(55)65(61(56)44-52)58-30-16-13-27-53(58)54-28-14-17-31-59(54)65/h1-44H. The molecule has 13 rings (SSSR count). The maximum Gasteiger partial charge on any atom is 0.0726 e. The molecule has 67 heavy (non-hydrogen) atoms. The van der Waals surface area contributed by atoms with Gasteiger partial charge in [0, 0.05) is 33.7 Å². The predicted molar refractivity (Wildman–Crippen MR) is 280 cm³/mol. The molecule has 1 spiro atoms. The fourth-order valence-corrected chi connectivity index (χ4v) is 11.2. The lowest BCUT2D eigenvalue weighted by molar-refractivity contribution is 0.793. The number of para-hydroxylation sites is 2. The van der Waals surface area contributed by atoms with Gasteiger partial charge in [0.05, 0.1) is 16.6 Å². The monoisotopic (exact) mass is 852 g/mol. The molecule has 1 heterocycles. The summed E-state index contributed by atoms with van der Waals surface area (Å²) in [5, 5.41) is 1.22. The third kappa shape index (κ3) is 6.11. The lowest BCUT2D eigenvalue weighted by atomic mass is 9.70. The van der Waals surface area contributed by atoms with E-state index in [1.165, 1.54) is 77.8 Å². The molecule has 10 aromatic carbocycles. The number of aromatic nitrogens is 1. The molecule has 0 radical (unpaired) electrons. The van der Waals surface area contributed by atoms with Crippen molar-refractivity contribution in [3.63, 3.8) is 0 Å². The van der Waals surface area contributed by atoms with Crippen molar-refractivity contribution in [3.8, 4) is 50.3 Å². The van der Waals surface area contributed by atoms with Crippen molar-refractivity contribution in [2.24, 2.45) is 0 Å². The quantitative estimate of drug-likeness (QED) is 0.138. The van der Waals surface area contributed by atoms with Crippen molar-refractivity contribution < 1.29 is 0 Å². The van der Waals surface area contributed by atoms with E-state index in [0.717, 1.165) is 33.9 Å². The molecule has 0 N–H and O–H groups in total. The highest BCUT2D eigenvalue weighted by molar-refractivity contribution is 6.07. The number of benzene rings is 10. The van der Waals surface area contributed by atoms with E-state index < -0.39 is 5.41 Å². The molecule has 0 unspecified atom stereocenters. The molecule has 11 aromatic rings. The minimum Gasteiger partial charge on any atom is -0.310 e. The zero-order valence-corrected chi connectivity index (χ0v) is 36.8. The largest absolute Gasteiger partial charge is 0.310 e. The molecule has 0 aliphatic heterocycles. The third-order valence-electron chi connectivity index (χ3n) is 14.0. The molecule has 314 valence electrons. The van der Waals surface area contributed by atoms with Gasteiger partial charge >= 0.3 is 0 Å². The van der Waals surface area contributed by atoms with E-state index in [4.69, 9.17) is 0 Å². The Morgan fingerprint density at radius 1 is 0.343 bits per heavy atom. The van der Waals surface area contributed by atoms with Crippen LogP contribution in [0.2, 0.25) is 0 Å². The van der Waals surface area contributed by atoms with E-state index in [2.05, 4.69) is 276 Å². The van der Waals surface area contributed by atoms with Crippen molar-refractivity contribution in [2.45, 2.75) is 5.41 Å². The van der Waals surface area contributed by atoms with Gasteiger partial charge in [-0.15, -0.1) is 0 Å². The predicted octanol–water partition coefficient (Wildman–Crippen LogP) is 16.9. The first kappa shape index (κ1) is 38.7. The number of nitrogens with zero attached hydrogens (tertiary/aromatic N) is 2. The van der Waals surface area contributed by atoms with Gasteiger partial charge in [0.1, 0.15) is 0 Å². The molecular weight excluding hydrogens is 809 g/mol. The van der Waals surface area contributed by atoms with Crippen LogP contribution >= 0.6 is 0 Å². The van der Waals surface area contributed by atoms with Gasteiger partial charge in [-0.05, 0) is 127 Å². The van der Waals surface area contributed by atoms with E-state index in [-0.39, 0.29) is 0 Å². The number of anilines is 3. The van der Waals surface area contributed by atoms with Crippen LogP contribution in [-0.4, -0.2) is 4.57 Å². The van der Waals surface area contributed by atoms with Gasteiger partial charge in [-0.1, -0.05) is 206 Å². The Hall–Kier alpha value is -8.72. The Bertz CT molecular complexity index is 3600. The van der Waals surface area contributed by atoms with E-state index in [9.17, 15) is 0 Å². The molecule has 1 aromatic heterocycles. The van der Waals surface area contributed by atoms with Gasteiger partial charge < -0.3 is 9.47 Å². The highest BCUT2D eigenvalue weighted by atomic mass is 15.1. The lowest BCUT2D eigenvalue weighted by Crippen LogP contribution is -2.26. The topological polar surface area (TPSA) is 8.17 Å². The number of fused-ring (bicyclic) bond motifs is 11. The summed E-state index contributed by atoms with van der Waals surface area (Å²) in [5.41, 5.74) is 22.9. The van der Waals surface area contributed by atoms with Gasteiger partial charge in [0.25, 0.3) is 0 Å². The number of hydrogen-bond donors (Lipinski definition) is 0. The summed E-state index contributed by atoms with van der Waals surface area (Å²) >= 11 is 0. The first-order chi connectivity index (χ1) is 33.3. The van der Waals surface area contributed by atoms with E-state index in [1.54, 1.807) is 0 Å². The summed E-state index contributed by atoms with van der Waals surface area (Å²) in [5.74, 6) is 0. The molecule has 0 atom stereocenters. The third-order valence-corrected chi connectivity index (χ3v) is 14.0. The van der Waals surface area contributed by atoms with Gasteiger partial charge in [-0.25, -0.2) is 0 Å². The highest BCUT2D eigenvalue weighted by Crippen LogP contribution is 2.63. The van der Waals surface area contributed by atoms with E-state index >= 15 is 0 Å². The average Bonchev–Trinajstić information content (AvgIpc) is 4.01. The fourth-order valence-electron chi connectivity index (χ4n) is 11.2. The van der Waals surface area contributed by atoms with Crippen molar-refractivity contribution in [2.75, 3.05) is 4.90 Å². The summed E-state index contributed by atoms with van der Waals surface area (Å²) in [7, 11) is 0. The average molecular weight is 853 g/mol. The Labute approximate surface area is 391 Å². The van der Waals surface area contributed by atoms with Crippen LogP contribution in [0.5, 0.6) is 0 Å². The van der Waals surface area contributed by atoms with Crippen molar-refractivity contribution in [1.29, 1.82) is 0 Å². The molecule has 2 aliphatic rings. The van der Waals surface area contributed by atoms with Crippen LogP contribution in [0.15, 0.2) is 255 Å². The van der Waals surface area contributed by atoms with Crippen molar-refractivity contribution in [3.05, 3.63) is 288 Å². The van der Waals surface area contributed by atoms with Gasteiger partial charge in [-0.2, -0.15) is 0 Å². The zero-order valence-electron chi connectivity index (χ0n) is 36.8. The second-order valence-electron chi connectivity index (χ2n) is 17.6. The minimum atomic E-state index is -0.412. The molecule has 0 saturated heterocycles. The van der Waals surface area contributed by atoms with Crippen LogP contribution in [0.25, 0.3) is 73.4 Å². The molecule has 0 amide bonds. The molecule has 0 bridgehead atoms. The maximum atomic E-state index is 2.46. The van der Waals surface area contributed by atoms with E-state index in [0.29, 0.717) is 0 Å². The summed E-state index contributed by atoms with van der Waals surface area (Å²) in [6.45, 7) is 0. The van der Waals surface area contributed by atoms with Crippen molar-refractivity contribution in [1.82, 2.24) is 4.57 Å². The molecule has 0 saturated carbocycles. The Kier molecular flexibility index (Phi) is 9.11. The van der Waals surface area contributed by atoms with Crippen LogP contribution < -0.4 is 4.90 Å². The molecule has 2 heteroatoms. The molecule has 2 aliphatic carbocycles. The van der Waals surface area contributed by atoms with Gasteiger partial charge in [0.15, 0.2) is 0 Å². The fraction of sp³-hybridized carbons (Fsp3) is 0.0154. The van der Waals surface area contributed by atoms with Gasteiger partial charge in [-0.3, -0.25) is 0 Å². The number of rotatable bonds is 8.